The number of rotatable bonds is 3. The van der Waals surface area contributed by atoms with Crippen molar-refractivity contribution in [2.45, 2.75) is 44.7 Å². The van der Waals surface area contributed by atoms with Gasteiger partial charge < -0.3 is 10.2 Å². The Balaban J connectivity index is 1.62. The van der Waals surface area contributed by atoms with Gasteiger partial charge in [0.15, 0.2) is 0 Å². The molecule has 1 N–H and O–H groups in total. The van der Waals surface area contributed by atoms with Gasteiger partial charge >= 0.3 is 0 Å². The Morgan fingerprint density at radius 3 is 2.92 bits per heavy atom. The molecule has 2 amide bonds. The van der Waals surface area contributed by atoms with Gasteiger partial charge in [-0.3, -0.25) is 14.5 Å². The van der Waals surface area contributed by atoms with E-state index in [1.807, 2.05) is 11.8 Å². The fraction of sp³-hybridized carbons (Fsp3) is 0.800. The normalized spacial score (nSPS) is 25.6. The SMILES string of the molecule is Cc1nnnn1CCC(=O)N1CCN(C)C2(CCNC(=O)CC2)C1. The number of nitrogens with one attached hydrogen (secondary N) is 1. The van der Waals surface area contributed by atoms with Crippen molar-refractivity contribution in [2.75, 3.05) is 33.2 Å². The number of aryl methyl sites for hydroxylation is 2. The second-order valence-electron chi connectivity index (χ2n) is 6.76. The zero-order valence-corrected chi connectivity index (χ0v) is 14.4. The topological polar surface area (TPSA) is 96.2 Å². The molecule has 0 bridgehead atoms. The first kappa shape index (κ1) is 16.8. The minimum absolute atomic E-state index is 0.0994. The fourth-order valence-electron chi connectivity index (χ4n) is 3.63. The molecule has 0 saturated carbocycles. The number of nitrogens with zero attached hydrogens (tertiary/aromatic N) is 6. The maximum absolute atomic E-state index is 12.6. The minimum Gasteiger partial charge on any atom is -0.356 e. The zero-order chi connectivity index (χ0) is 17.2. The van der Waals surface area contributed by atoms with Gasteiger partial charge in [0.1, 0.15) is 5.82 Å². The van der Waals surface area contributed by atoms with E-state index in [9.17, 15) is 9.59 Å². The third-order valence-electron chi connectivity index (χ3n) is 5.33. The van der Waals surface area contributed by atoms with E-state index in [2.05, 4.69) is 32.8 Å². The van der Waals surface area contributed by atoms with Crippen LogP contribution in [0.5, 0.6) is 0 Å². The molecule has 24 heavy (non-hydrogen) atoms. The molecule has 3 heterocycles. The minimum atomic E-state index is -0.0994. The predicted octanol–water partition coefficient (Wildman–Crippen LogP) is -0.815. The summed E-state index contributed by atoms with van der Waals surface area (Å²) in [5.74, 6) is 0.949. The molecule has 2 aliphatic rings. The summed E-state index contributed by atoms with van der Waals surface area (Å²) in [4.78, 5) is 28.6. The van der Waals surface area contributed by atoms with Crippen LogP contribution in [0.4, 0.5) is 0 Å². The van der Waals surface area contributed by atoms with Gasteiger partial charge in [-0.25, -0.2) is 4.68 Å². The fourth-order valence-corrected chi connectivity index (χ4v) is 3.63. The Kier molecular flexibility index (Phi) is 4.79. The molecule has 1 spiro atoms. The summed E-state index contributed by atoms with van der Waals surface area (Å²) >= 11 is 0. The average Bonchev–Trinajstić information content (AvgIpc) is 2.88. The van der Waals surface area contributed by atoms with Gasteiger partial charge in [0.25, 0.3) is 0 Å². The van der Waals surface area contributed by atoms with Crippen molar-refractivity contribution >= 4 is 11.8 Å². The highest BCUT2D eigenvalue weighted by Crippen LogP contribution is 2.30. The van der Waals surface area contributed by atoms with Crippen molar-refractivity contribution in [3.05, 3.63) is 5.82 Å². The monoisotopic (exact) mass is 335 g/mol. The molecule has 0 aliphatic carbocycles. The lowest BCUT2D eigenvalue weighted by Gasteiger charge is -2.49. The predicted molar refractivity (Wildman–Crippen MR) is 86.0 cm³/mol. The van der Waals surface area contributed by atoms with Crippen LogP contribution in [0.3, 0.4) is 0 Å². The Bertz CT molecular complexity index is 617. The van der Waals surface area contributed by atoms with Crippen LogP contribution in [0, 0.1) is 6.92 Å². The Labute approximate surface area is 141 Å². The maximum atomic E-state index is 12.6. The molecule has 2 saturated heterocycles. The van der Waals surface area contributed by atoms with Crippen LogP contribution in [0.15, 0.2) is 0 Å². The summed E-state index contributed by atoms with van der Waals surface area (Å²) < 4.78 is 1.65. The van der Waals surface area contributed by atoms with Crippen LogP contribution in [0.25, 0.3) is 0 Å². The molecule has 132 valence electrons. The van der Waals surface area contributed by atoms with Crippen molar-refractivity contribution in [3.8, 4) is 0 Å². The van der Waals surface area contributed by atoms with E-state index in [1.54, 1.807) is 4.68 Å². The zero-order valence-electron chi connectivity index (χ0n) is 14.4. The van der Waals surface area contributed by atoms with Crippen molar-refractivity contribution in [3.63, 3.8) is 0 Å². The first-order valence-electron chi connectivity index (χ1n) is 8.49. The number of carbonyl (C=O) groups excluding carboxylic acids is 2. The van der Waals surface area contributed by atoms with Crippen LogP contribution in [-0.4, -0.2) is 80.6 Å². The maximum Gasteiger partial charge on any atom is 0.224 e. The number of hydrogen-bond acceptors (Lipinski definition) is 6. The van der Waals surface area contributed by atoms with Gasteiger partial charge in [-0.05, 0) is 37.2 Å². The lowest BCUT2D eigenvalue weighted by atomic mass is 9.86. The Morgan fingerprint density at radius 1 is 1.33 bits per heavy atom. The van der Waals surface area contributed by atoms with Crippen LogP contribution >= 0.6 is 0 Å². The molecule has 1 unspecified atom stereocenters. The van der Waals surface area contributed by atoms with E-state index in [4.69, 9.17) is 0 Å². The second kappa shape index (κ2) is 6.84. The summed E-state index contributed by atoms with van der Waals surface area (Å²) in [5, 5.41) is 14.3. The Hall–Kier alpha value is -2.03. The van der Waals surface area contributed by atoms with Crippen molar-refractivity contribution in [1.29, 1.82) is 0 Å². The van der Waals surface area contributed by atoms with E-state index >= 15 is 0 Å². The van der Waals surface area contributed by atoms with Gasteiger partial charge in [0.2, 0.25) is 11.8 Å². The largest absolute Gasteiger partial charge is 0.356 e. The number of tetrazole rings is 1. The molecule has 1 atom stereocenters. The number of piperazine rings is 1. The van der Waals surface area contributed by atoms with Crippen LogP contribution in [0.2, 0.25) is 0 Å². The van der Waals surface area contributed by atoms with E-state index in [0.29, 0.717) is 38.3 Å². The summed E-state index contributed by atoms with van der Waals surface area (Å²) in [6.45, 7) is 5.25. The van der Waals surface area contributed by atoms with Gasteiger partial charge in [0, 0.05) is 44.6 Å². The Morgan fingerprint density at radius 2 is 2.17 bits per heavy atom. The van der Waals surface area contributed by atoms with E-state index in [0.717, 1.165) is 25.9 Å². The molecule has 9 heteroatoms. The van der Waals surface area contributed by atoms with Gasteiger partial charge in [-0.15, -0.1) is 5.10 Å². The molecule has 3 rings (SSSR count). The molecule has 9 nitrogen and oxygen atoms in total. The second-order valence-corrected chi connectivity index (χ2v) is 6.76. The number of amides is 2. The van der Waals surface area contributed by atoms with Crippen LogP contribution in [0.1, 0.15) is 31.5 Å². The van der Waals surface area contributed by atoms with Crippen molar-refractivity contribution in [1.82, 2.24) is 35.3 Å². The molecule has 0 aromatic carbocycles. The van der Waals surface area contributed by atoms with Crippen molar-refractivity contribution < 1.29 is 9.59 Å². The molecular formula is C15H25N7O2. The highest BCUT2D eigenvalue weighted by molar-refractivity contribution is 5.77. The quantitative estimate of drug-likeness (QED) is 0.776. The van der Waals surface area contributed by atoms with Crippen LogP contribution in [-0.2, 0) is 16.1 Å². The summed E-state index contributed by atoms with van der Waals surface area (Å²) in [7, 11) is 2.10. The van der Waals surface area contributed by atoms with Gasteiger partial charge in [-0.2, -0.15) is 0 Å². The highest BCUT2D eigenvalue weighted by atomic mass is 16.2. The molecule has 1 aromatic rings. The van der Waals surface area contributed by atoms with E-state index in [1.165, 1.54) is 0 Å². The summed E-state index contributed by atoms with van der Waals surface area (Å²) in [6.07, 6.45) is 2.59. The number of likely N-dealkylation sites (N-methyl/N-ethyl adjacent to an activating group) is 1. The molecular weight excluding hydrogens is 310 g/mol. The number of hydrogen-bond donors (Lipinski definition) is 1. The average molecular weight is 335 g/mol. The standard InChI is InChI=1S/C15H25N7O2/c1-12-17-18-19-22(12)8-4-14(24)21-10-9-20(2)15(11-21)5-3-13(23)16-7-6-15/h3-11H2,1-2H3,(H,16,23). The molecule has 2 fully saturated rings. The smallest absolute Gasteiger partial charge is 0.224 e. The van der Waals surface area contributed by atoms with Gasteiger partial charge in [-0.1, -0.05) is 0 Å². The van der Waals surface area contributed by atoms with E-state index < -0.39 is 0 Å². The van der Waals surface area contributed by atoms with Crippen molar-refractivity contribution in [2.24, 2.45) is 0 Å². The number of carbonyl (C=O) groups is 2. The molecule has 0 radical (unpaired) electrons. The van der Waals surface area contributed by atoms with Gasteiger partial charge in [0.05, 0.1) is 6.54 Å². The third-order valence-corrected chi connectivity index (χ3v) is 5.33. The summed E-state index contributed by atoms with van der Waals surface area (Å²) in [6, 6.07) is 0. The number of aromatic nitrogens is 4. The van der Waals surface area contributed by atoms with Crippen LogP contribution < -0.4 is 5.32 Å². The third kappa shape index (κ3) is 3.40. The lowest BCUT2D eigenvalue weighted by Crippen LogP contribution is -2.62. The molecule has 1 aromatic heterocycles. The first-order valence-corrected chi connectivity index (χ1v) is 8.49. The van der Waals surface area contributed by atoms with E-state index in [-0.39, 0.29) is 17.4 Å². The highest BCUT2D eigenvalue weighted by Gasteiger charge is 2.41. The lowest BCUT2D eigenvalue weighted by molar-refractivity contribution is -0.137. The summed E-state index contributed by atoms with van der Waals surface area (Å²) in [5.41, 5.74) is -0.0994. The first-order chi connectivity index (χ1) is 11.5. The molecule has 2 aliphatic heterocycles.